The molecule has 2 rings (SSSR count). The highest BCUT2D eigenvalue weighted by molar-refractivity contribution is 7.89. The zero-order valence-electron chi connectivity index (χ0n) is 11.6. The Morgan fingerprint density at radius 2 is 1.85 bits per heavy atom. The van der Waals surface area contributed by atoms with Crippen LogP contribution in [0, 0.1) is 5.92 Å². The molecule has 1 aromatic carbocycles. The summed E-state index contributed by atoms with van der Waals surface area (Å²) in [6.45, 7) is 3.67. The van der Waals surface area contributed by atoms with Crippen LogP contribution in [0.3, 0.4) is 0 Å². The number of nitrogens with zero attached hydrogens (tertiary/aromatic N) is 2. The van der Waals surface area contributed by atoms with Crippen LogP contribution < -0.4 is 5.01 Å². The van der Waals surface area contributed by atoms with E-state index in [9.17, 15) is 13.2 Å². The fraction of sp³-hybridized carbons (Fsp3) is 0.357. The van der Waals surface area contributed by atoms with E-state index in [1.165, 1.54) is 11.2 Å². The maximum Gasteiger partial charge on any atom is 0.252 e. The minimum atomic E-state index is -3.56. The first-order valence-corrected chi connectivity index (χ1v) is 8.09. The normalized spacial score (nSPS) is 16.1. The molecule has 0 saturated carbocycles. The van der Waals surface area contributed by atoms with Gasteiger partial charge in [-0.1, -0.05) is 38.1 Å². The zero-order chi connectivity index (χ0) is 14.8. The molecular formula is C14H18N2O3S. The summed E-state index contributed by atoms with van der Waals surface area (Å²) in [5.74, 6) is -0.275. The number of rotatable bonds is 4. The Morgan fingerprint density at radius 3 is 2.45 bits per heavy atom. The fourth-order valence-corrected chi connectivity index (χ4v) is 3.75. The lowest BCUT2D eigenvalue weighted by Gasteiger charge is -2.35. The molecule has 0 atom stereocenters. The molecular weight excluding hydrogens is 276 g/mol. The van der Waals surface area contributed by atoms with Crippen molar-refractivity contribution in [1.82, 2.24) is 4.41 Å². The topological polar surface area (TPSA) is 57.7 Å². The van der Waals surface area contributed by atoms with Gasteiger partial charge in [0.25, 0.3) is 15.9 Å². The third-order valence-corrected chi connectivity index (χ3v) is 4.73. The van der Waals surface area contributed by atoms with E-state index in [1.54, 1.807) is 30.3 Å². The van der Waals surface area contributed by atoms with E-state index < -0.39 is 10.0 Å². The van der Waals surface area contributed by atoms with E-state index in [1.807, 2.05) is 19.9 Å². The van der Waals surface area contributed by atoms with E-state index in [0.717, 1.165) is 4.41 Å². The molecule has 20 heavy (non-hydrogen) atoms. The van der Waals surface area contributed by atoms with E-state index in [-0.39, 0.29) is 24.0 Å². The van der Waals surface area contributed by atoms with Crippen molar-refractivity contribution >= 4 is 21.6 Å². The van der Waals surface area contributed by atoms with Crippen molar-refractivity contribution < 1.29 is 13.2 Å². The number of carbonyl (C=O) groups excluding carboxylic acids is 1. The van der Waals surface area contributed by atoms with Crippen molar-refractivity contribution in [2.24, 2.45) is 5.92 Å². The van der Waals surface area contributed by atoms with Gasteiger partial charge in [-0.3, -0.25) is 4.79 Å². The molecule has 108 valence electrons. The molecule has 1 aliphatic heterocycles. The average Bonchev–Trinajstić information content (AvgIpc) is 2.38. The van der Waals surface area contributed by atoms with Crippen molar-refractivity contribution in [1.29, 1.82) is 0 Å². The second-order valence-electron chi connectivity index (χ2n) is 5.07. The van der Waals surface area contributed by atoms with Crippen LogP contribution in [0.2, 0.25) is 0 Å². The molecule has 5 nitrogen and oxygen atoms in total. The smallest absolute Gasteiger partial charge is 0.252 e. The van der Waals surface area contributed by atoms with Gasteiger partial charge in [0.1, 0.15) is 0 Å². The van der Waals surface area contributed by atoms with Gasteiger partial charge in [-0.2, -0.15) is 4.41 Å². The Morgan fingerprint density at radius 1 is 1.20 bits per heavy atom. The number of benzene rings is 1. The number of hydrogen-bond donors (Lipinski definition) is 0. The second kappa shape index (κ2) is 5.66. The van der Waals surface area contributed by atoms with Gasteiger partial charge in [0, 0.05) is 12.6 Å². The van der Waals surface area contributed by atoms with Crippen LogP contribution in [-0.4, -0.2) is 24.5 Å². The number of carbonyl (C=O) groups is 1. The Balaban J connectivity index is 2.42. The van der Waals surface area contributed by atoms with Gasteiger partial charge in [0.2, 0.25) is 0 Å². The van der Waals surface area contributed by atoms with Gasteiger partial charge in [-0.05, 0) is 18.1 Å². The van der Waals surface area contributed by atoms with Gasteiger partial charge in [-0.25, -0.2) is 13.4 Å². The standard InChI is InChI=1S/C14H18N2O3S/c1-12(2)11-20(18,19)15-10-6-9-14(17)16(15)13-7-4-3-5-8-13/h3-8,10,12H,9,11H2,1-2H3. The maximum absolute atomic E-state index is 12.4. The first kappa shape index (κ1) is 14.6. The minimum Gasteiger partial charge on any atom is -0.272 e. The highest BCUT2D eigenvalue weighted by Gasteiger charge is 2.32. The molecule has 0 N–H and O–H groups in total. The molecule has 0 fully saturated rings. The highest BCUT2D eigenvalue weighted by Crippen LogP contribution is 2.24. The quantitative estimate of drug-likeness (QED) is 0.855. The Kier molecular flexibility index (Phi) is 4.13. The summed E-state index contributed by atoms with van der Waals surface area (Å²) >= 11 is 0. The fourth-order valence-electron chi connectivity index (χ4n) is 2.05. The lowest BCUT2D eigenvalue weighted by molar-refractivity contribution is -0.119. The number of hydrogen-bond acceptors (Lipinski definition) is 3. The third-order valence-electron chi connectivity index (χ3n) is 2.79. The molecule has 0 radical (unpaired) electrons. The van der Waals surface area contributed by atoms with E-state index in [4.69, 9.17) is 0 Å². The first-order valence-electron chi connectivity index (χ1n) is 6.48. The van der Waals surface area contributed by atoms with Crippen LogP contribution in [0.25, 0.3) is 0 Å². The third kappa shape index (κ3) is 3.01. The van der Waals surface area contributed by atoms with Crippen LogP contribution >= 0.6 is 0 Å². The molecule has 6 heteroatoms. The minimum absolute atomic E-state index is 0.00600. The Labute approximate surface area is 119 Å². The van der Waals surface area contributed by atoms with E-state index >= 15 is 0 Å². The average molecular weight is 294 g/mol. The number of hydrazine groups is 1. The number of sulfonamides is 1. The number of para-hydroxylation sites is 1. The largest absolute Gasteiger partial charge is 0.272 e. The van der Waals surface area contributed by atoms with Crippen molar-refractivity contribution in [2.75, 3.05) is 10.8 Å². The van der Waals surface area contributed by atoms with E-state index in [2.05, 4.69) is 0 Å². The predicted octanol–water partition coefficient (Wildman–Crippen LogP) is 2.14. The van der Waals surface area contributed by atoms with E-state index in [0.29, 0.717) is 5.69 Å². The van der Waals surface area contributed by atoms with Gasteiger partial charge < -0.3 is 0 Å². The summed E-state index contributed by atoms with van der Waals surface area (Å²) in [6.07, 6.45) is 3.22. The molecule has 0 bridgehead atoms. The molecule has 0 aliphatic carbocycles. The van der Waals surface area contributed by atoms with Crippen LogP contribution in [0.5, 0.6) is 0 Å². The summed E-state index contributed by atoms with van der Waals surface area (Å²) in [7, 11) is -3.56. The summed E-state index contributed by atoms with van der Waals surface area (Å²) in [6, 6.07) is 8.80. The molecule has 1 amide bonds. The number of anilines is 1. The van der Waals surface area contributed by atoms with Gasteiger partial charge in [0.15, 0.2) is 0 Å². The Hall–Kier alpha value is -1.82. The van der Waals surface area contributed by atoms with Crippen LogP contribution in [0.15, 0.2) is 42.6 Å². The molecule has 0 spiro atoms. The molecule has 0 unspecified atom stereocenters. The van der Waals surface area contributed by atoms with Crippen molar-refractivity contribution in [3.05, 3.63) is 42.6 Å². The lowest BCUT2D eigenvalue weighted by Crippen LogP contribution is -2.49. The summed E-state index contributed by atoms with van der Waals surface area (Å²) in [4.78, 5) is 12.1. The monoisotopic (exact) mass is 294 g/mol. The molecule has 1 aromatic rings. The summed E-state index contributed by atoms with van der Waals surface area (Å²) < 4.78 is 25.9. The second-order valence-corrected chi connectivity index (χ2v) is 6.95. The van der Waals surface area contributed by atoms with Gasteiger partial charge in [-0.15, -0.1) is 0 Å². The lowest BCUT2D eigenvalue weighted by atomic mass is 10.2. The molecule has 0 saturated heterocycles. The summed E-state index contributed by atoms with van der Waals surface area (Å²) in [5, 5.41) is 1.22. The summed E-state index contributed by atoms with van der Waals surface area (Å²) in [5.41, 5.74) is 0.550. The van der Waals surface area contributed by atoms with Gasteiger partial charge in [0.05, 0.1) is 11.4 Å². The van der Waals surface area contributed by atoms with Crippen LogP contribution in [0.1, 0.15) is 20.3 Å². The highest BCUT2D eigenvalue weighted by atomic mass is 32.2. The number of amides is 1. The Bertz CT molecular complexity index is 609. The predicted molar refractivity (Wildman–Crippen MR) is 78.1 cm³/mol. The zero-order valence-corrected chi connectivity index (χ0v) is 12.4. The molecule has 0 aromatic heterocycles. The van der Waals surface area contributed by atoms with Crippen molar-refractivity contribution in [3.63, 3.8) is 0 Å². The molecule has 1 aliphatic rings. The van der Waals surface area contributed by atoms with Crippen molar-refractivity contribution in [3.8, 4) is 0 Å². The van der Waals surface area contributed by atoms with Crippen molar-refractivity contribution in [2.45, 2.75) is 20.3 Å². The maximum atomic E-state index is 12.4. The molecule has 1 heterocycles. The first-order chi connectivity index (χ1) is 9.42. The van der Waals surface area contributed by atoms with Crippen LogP contribution in [0.4, 0.5) is 5.69 Å². The SMILES string of the molecule is CC(C)CS(=O)(=O)N1C=CCC(=O)N1c1ccccc1. The van der Waals surface area contributed by atoms with Gasteiger partial charge >= 0.3 is 0 Å². The van der Waals surface area contributed by atoms with Crippen LogP contribution in [-0.2, 0) is 14.8 Å².